The normalized spacial score (nSPS) is 15.9. The average Bonchev–Trinajstić information content (AvgIpc) is 2.41. The van der Waals surface area contributed by atoms with E-state index in [0.29, 0.717) is 13.1 Å². The lowest BCUT2D eigenvalue weighted by atomic mass is 10.1. The zero-order valence-corrected chi connectivity index (χ0v) is 11.2. The second-order valence-electron chi connectivity index (χ2n) is 4.73. The number of piperazine rings is 1. The Balaban J connectivity index is 2.08. The molecule has 0 bridgehead atoms. The number of para-hydroxylation sites is 1. The predicted octanol–water partition coefficient (Wildman–Crippen LogP) is 0.870. The Morgan fingerprint density at radius 2 is 1.85 bits per heavy atom. The maximum Gasteiger partial charge on any atom is 0.339 e. The number of nitrogens with one attached hydrogen (secondary N) is 1. The lowest BCUT2D eigenvalue weighted by molar-refractivity contribution is 0.0693. The van der Waals surface area contributed by atoms with E-state index in [2.05, 4.69) is 10.2 Å². The van der Waals surface area contributed by atoms with Crippen molar-refractivity contribution in [3.8, 4) is 5.75 Å². The molecule has 0 aliphatic carbocycles. The van der Waals surface area contributed by atoms with Gasteiger partial charge in [0.15, 0.2) is 5.75 Å². The number of benzene rings is 1. The molecule has 20 heavy (non-hydrogen) atoms. The maximum atomic E-state index is 12.0. The van der Waals surface area contributed by atoms with Gasteiger partial charge in [-0.3, -0.25) is 0 Å². The Labute approximate surface area is 116 Å². The van der Waals surface area contributed by atoms with Crippen molar-refractivity contribution >= 4 is 17.7 Å². The fourth-order valence-corrected chi connectivity index (χ4v) is 2.02. The highest BCUT2D eigenvalue weighted by molar-refractivity contribution is 5.97. The number of carboxylic acid groups (broad SMARTS) is 1. The number of amides is 2. The molecular formula is C13H17N3O4. The molecule has 0 saturated carbocycles. The van der Waals surface area contributed by atoms with Crippen molar-refractivity contribution in [2.45, 2.75) is 0 Å². The number of anilines is 1. The molecule has 2 amide bonds. The van der Waals surface area contributed by atoms with Crippen LogP contribution < -0.4 is 5.32 Å². The van der Waals surface area contributed by atoms with Gasteiger partial charge in [-0.2, -0.15) is 0 Å². The van der Waals surface area contributed by atoms with Crippen LogP contribution in [0.4, 0.5) is 10.5 Å². The number of aromatic hydroxyl groups is 1. The SMILES string of the molecule is CN1CCN(C(=O)Nc2cccc(C(=O)O)c2O)CC1. The molecule has 7 nitrogen and oxygen atoms in total. The number of aromatic carboxylic acids is 1. The van der Waals surface area contributed by atoms with Gasteiger partial charge in [-0.25, -0.2) is 9.59 Å². The smallest absolute Gasteiger partial charge is 0.339 e. The van der Waals surface area contributed by atoms with Gasteiger partial charge in [-0.15, -0.1) is 0 Å². The molecular weight excluding hydrogens is 262 g/mol. The van der Waals surface area contributed by atoms with Crippen LogP contribution in [-0.4, -0.2) is 65.2 Å². The molecule has 0 atom stereocenters. The molecule has 1 aliphatic rings. The summed E-state index contributed by atoms with van der Waals surface area (Å²) in [4.78, 5) is 26.7. The molecule has 1 aromatic carbocycles. The fraction of sp³-hybridized carbons (Fsp3) is 0.385. The van der Waals surface area contributed by atoms with E-state index in [-0.39, 0.29) is 17.3 Å². The first-order valence-electron chi connectivity index (χ1n) is 6.29. The van der Waals surface area contributed by atoms with Gasteiger partial charge in [0.05, 0.1) is 5.69 Å². The van der Waals surface area contributed by atoms with Gasteiger partial charge in [-0.05, 0) is 19.2 Å². The molecule has 108 valence electrons. The quantitative estimate of drug-likeness (QED) is 0.698. The van der Waals surface area contributed by atoms with Gasteiger partial charge in [0.25, 0.3) is 0 Å². The van der Waals surface area contributed by atoms with Gasteiger partial charge in [0.2, 0.25) is 0 Å². The highest BCUT2D eigenvalue weighted by atomic mass is 16.4. The number of hydrogen-bond donors (Lipinski definition) is 3. The monoisotopic (exact) mass is 279 g/mol. The molecule has 0 radical (unpaired) electrons. The Morgan fingerprint density at radius 3 is 2.45 bits per heavy atom. The summed E-state index contributed by atoms with van der Waals surface area (Å²) in [6.07, 6.45) is 0. The highest BCUT2D eigenvalue weighted by Crippen LogP contribution is 2.27. The molecule has 1 saturated heterocycles. The third kappa shape index (κ3) is 3.00. The topological polar surface area (TPSA) is 93.1 Å². The number of urea groups is 1. The lowest BCUT2D eigenvalue weighted by Gasteiger charge is -2.32. The van der Waals surface area contributed by atoms with Crippen LogP contribution >= 0.6 is 0 Å². The first-order chi connectivity index (χ1) is 9.49. The highest BCUT2D eigenvalue weighted by Gasteiger charge is 2.21. The molecule has 2 rings (SSSR count). The minimum absolute atomic E-state index is 0.105. The van der Waals surface area contributed by atoms with Crippen LogP contribution in [0.1, 0.15) is 10.4 Å². The van der Waals surface area contributed by atoms with E-state index < -0.39 is 11.7 Å². The van der Waals surface area contributed by atoms with Crippen molar-refractivity contribution in [2.75, 3.05) is 38.5 Å². The molecule has 1 aliphatic heterocycles. The fourth-order valence-electron chi connectivity index (χ4n) is 2.02. The number of carbonyl (C=O) groups excluding carboxylic acids is 1. The van der Waals surface area contributed by atoms with Crippen molar-refractivity contribution < 1.29 is 19.8 Å². The van der Waals surface area contributed by atoms with Gasteiger partial charge >= 0.3 is 12.0 Å². The van der Waals surface area contributed by atoms with Crippen LogP contribution in [-0.2, 0) is 0 Å². The first kappa shape index (κ1) is 14.1. The van der Waals surface area contributed by atoms with E-state index in [1.807, 2.05) is 7.05 Å². The van der Waals surface area contributed by atoms with Crippen LogP contribution in [0.2, 0.25) is 0 Å². The summed E-state index contributed by atoms with van der Waals surface area (Å²) in [5, 5.41) is 21.3. The van der Waals surface area contributed by atoms with Crippen molar-refractivity contribution in [3.63, 3.8) is 0 Å². The Hall–Kier alpha value is -2.28. The Bertz CT molecular complexity index is 524. The summed E-state index contributed by atoms with van der Waals surface area (Å²) in [5.41, 5.74) is -0.130. The summed E-state index contributed by atoms with van der Waals surface area (Å²) in [6.45, 7) is 2.77. The molecule has 1 heterocycles. The van der Waals surface area contributed by atoms with E-state index in [1.165, 1.54) is 18.2 Å². The summed E-state index contributed by atoms with van der Waals surface area (Å²) in [5.74, 6) is -1.67. The minimum atomic E-state index is -1.24. The number of carboxylic acids is 1. The molecule has 3 N–H and O–H groups in total. The van der Waals surface area contributed by atoms with Crippen LogP contribution in [0.25, 0.3) is 0 Å². The molecule has 1 aromatic rings. The van der Waals surface area contributed by atoms with Gasteiger partial charge in [0, 0.05) is 26.2 Å². The zero-order valence-electron chi connectivity index (χ0n) is 11.2. The van der Waals surface area contributed by atoms with Crippen molar-refractivity contribution in [1.82, 2.24) is 9.80 Å². The molecule has 0 spiro atoms. The van der Waals surface area contributed by atoms with Crippen molar-refractivity contribution in [1.29, 1.82) is 0 Å². The van der Waals surface area contributed by atoms with Crippen LogP contribution in [0.15, 0.2) is 18.2 Å². The Morgan fingerprint density at radius 1 is 1.20 bits per heavy atom. The van der Waals surface area contributed by atoms with E-state index in [4.69, 9.17) is 5.11 Å². The third-order valence-corrected chi connectivity index (χ3v) is 3.30. The van der Waals surface area contributed by atoms with Gasteiger partial charge < -0.3 is 25.3 Å². The van der Waals surface area contributed by atoms with Crippen molar-refractivity contribution in [2.24, 2.45) is 0 Å². The van der Waals surface area contributed by atoms with E-state index in [9.17, 15) is 14.7 Å². The van der Waals surface area contributed by atoms with Crippen LogP contribution in [0, 0.1) is 0 Å². The summed E-state index contributed by atoms with van der Waals surface area (Å²) in [6, 6.07) is 3.89. The standard InChI is InChI=1S/C13H17N3O4/c1-15-5-7-16(8-6-15)13(20)14-10-4-2-3-9(11(10)17)12(18)19/h2-4,17H,5-8H2,1H3,(H,14,20)(H,18,19). The van der Waals surface area contributed by atoms with E-state index in [0.717, 1.165) is 13.1 Å². The van der Waals surface area contributed by atoms with E-state index >= 15 is 0 Å². The van der Waals surface area contributed by atoms with Crippen LogP contribution in [0.3, 0.4) is 0 Å². The van der Waals surface area contributed by atoms with E-state index in [1.54, 1.807) is 4.90 Å². The minimum Gasteiger partial charge on any atom is -0.505 e. The Kier molecular flexibility index (Phi) is 4.09. The average molecular weight is 279 g/mol. The van der Waals surface area contributed by atoms with Crippen LogP contribution in [0.5, 0.6) is 5.75 Å². The maximum absolute atomic E-state index is 12.0. The second-order valence-corrected chi connectivity index (χ2v) is 4.73. The van der Waals surface area contributed by atoms with Gasteiger partial charge in [-0.1, -0.05) is 6.07 Å². The lowest BCUT2D eigenvalue weighted by Crippen LogP contribution is -2.48. The number of nitrogens with zero attached hydrogens (tertiary/aromatic N) is 2. The molecule has 0 unspecified atom stereocenters. The molecule has 0 aromatic heterocycles. The predicted molar refractivity (Wildman–Crippen MR) is 73.2 cm³/mol. The number of hydrogen-bond acceptors (Lipinski definition) is 4. The van der Waals surface area contributed by atoms with Gasteiger partial charge in [0.1, 0.15) is 5.56 Å². The largest absolute Gasteiger partial charge is 0.505 e. The first-order valence-corrected chi connectivity index (χ1v) is 6.29. The number of rotatable bonds is 2. The zero-order chi connectivity index (χ0) is 14.7. The second kappa shape index (κ2) is 5.79. The summed E-state index contributed by atoms with van der Waals surface area (Å²) >= 11 is 0. The number of likely N-dealkylation sites (N-methyl/N-ethyl adjacent to an activating group) is 1. The number of carbonyl (C=O) groups is 2. The van der Waals surface area contributed by atoms with Crippen molar-refractivity contribution in [3.05, 3.63) is 23.8 Å². The summed E-state index contributed by atoms with van der Waals surface area (Å²) < 4.78 is 0. The number of phenols is 1. The molecule has 7 heteroatoms. The molecule has 1 fully saturated rings. The third-order valence-electron chi connectivity index (χ3n) is 3.30. The summed E-state index contributed by atoms with van der Waals surface area (Å²) in [7, 11) is 1.98.